The smallest absolute Gasteiger partial charge is 0.254 e. The molecule has 1 heterocycles. The molecule has 2 aromatic rings. The van der Waals surface area contributed by atoms with Gasteiger partial charge in [-0.2, -0.15) is 0 Å². The van der Waals surface area contributed by atoms with Gasteiger partial charge in [-0.25, -0.2) is 9.97 Å². The molecule has 0 aliphatic rings. The van der Waals surface area contributed by atoms with Crippen molar-refractivity contribution in [2.75, 3.05) is 5.73 Å². The molecule has 104 valence electrons. The van der Waals surface area contributed by atoms with Crippen molar-refractivity contribution in [3.8, 4) is 0 Å². The standard InChI is InChI=1S/C13H13BrN4OS/c1-7-11(13(16)19)12(15)18-10(17-7)6-20-9-5-3-2-4-8(9)14/h2-5H,6H2,1H3,(H2,16,19)(H2,15,17,18). The zero-order valence-corrected chi connectivity index (χ0v) is 13.2. The summed E-state index contributed by atoms with van der Waals surface area (Å²) in [6.07, 6.45) is 0. The first kappa shape index (κ1) is 14.8. The summed E-state index contributed by atoms with van der Waals surface area (Å²) in [6, 6.07) is 7.89. The Bertz CT molecular complexity index is 640. The van der Waals surface area contributed by atoms with E-state index in [-0.39, 0.29) is 11.4 Å². The van der Waals surface area contributed by atoms with Crippen LogP contribution in [0.5, 0.6) is 0 Å². The molecular weight excluding hydrogens is 340 g/mol. The molecule has 5 nitrogen and oxygen atoms in total. The first-order valence-electron chi connectivity index (χ1n) is 5.79. The van der Waals surface area contributed by atoms with Crippen LogP contribution in [0.1, 0.15) is 21.9 Å². The number of halogens is 1. The number of thioether (sulfide) groups is 1. The van der Waals surface area contributed by atoms with Crippen molar-refractivity contribution < 1.29 is 4.79 Å². The normalized spacial score (nSPS) is 10.5. The lowest BCUT2D eigenvalue weighted by Gasteiger charge is -2.08. The van der Waals surface area contributed by atoms with Gasteiger partial charge >= 0.3 is 0 Å². The number of nitrogens with two attached hydrogens (primary N) is 2. The lowest BCUT2D eigenvalue weighted by atomic mass is 10.2. The molecule has 7 heteroatoms. The van der Waals surface area contributed by atoms with E-state index < -0.39 is 5.91 Å². The van der Waals surface area contributed by atoms with Crippen LogP contribution in [0.2, 0.25) is 0 Å². The van der Waals surface area contributed by atoms with Crippen molar-refractivity contribution in [2.24, 2.45) is 5.73 Å². The second kappa shape index (κ2) is 6.23. The van der Waals surface area contributed by atoms with Crippen molar-refractivity contribution in [3.05, 3.63) is 45.8 Å². The summed E-state index contributed by atoms with van der Waals surface area (Å²) in [5, 5.41) is 0. The lowest BCUT2D eigenvalue weighted by Crippen LogP contribution is -2.18. The number of hydrogen-bond acceptors (Lipinski definition) is 5. The first-order chi connectivity index (χ1) is 9.49. The number of rotatable bonds is 4. The van der Waals surface area contributed by atoms with E-state index in [1.54, 1.807) is 18.7 Å². The highest BCUT2D eigenvalue weighted by molar-refractivity contribution is 9.10. The van der Waals surface area contributed by atoms with Crippen molar-refractivity contribution in [2.45, 2.75) is 17.6 Å². The highest BCUT2D eigenvalue weighted by atomic mass is 79.9. The molecule has 1 aromatic carbocycles. The summed E-state index contributed by atoms with van der Waals surface area (Å²) in [5.74, 6) is 0.663. The van der Waals surface area contributed by atoms with Crippen LogP contribution < -0.4 is 11.5 Å². The predicted octanol–water partition coefficient (Wildman–Crippen LogP) is 2.52. The third-order valence-corrected chi connectivity index (χ3v) is 4.63. The largest absolute Gasteiger partial charge is 0.383 e. The van der Waals surface area contributed by atoms with Crippen molar-refractivity contribution >= 4 is 39.4 Å². The number of nitrogen functional groups attached to an aromatic ring is 1. The van der Waals surface area contributed by atoms with Crippen LogP contribution >= 0.6 is 27.7 Å². The highest BCUT2D eigenvalue weighted by Gasteiger charge is 2.14. The highest BCUT2D eigenvalue weighted by Crippen LogP contribution is 2.29. The van der Waals surface area contributed by atoms with E-state index in [0.717, 1.165) is 9.37 Å². The van der Waals surface area contributed by atoms with Crippen molar-refractivity contribution in [1.82, 2.24) is 9.97 Å². The summed E-state index contributed by atoms with van der Waals surface area (Å²) < 4.78 is 1.02. The predicted molar refractivity (Wildman–Crippen MR) is 83.4 cm³/mol. The number of aryl methyl sites for hydroxylation is 1. The molecule has 0 fully saturated rings. The molecule has 0 spiro atoms. The number of hydrogen-bond donors (Lipinski definition) is 2. The van der Waals surface area contributed by atoms with Crippen LogP contribution in [0.3, 0.4) is 0 Å². The number of aromatic nitrogens is 2. The summed E-state index contributed by atoms with van der Waals surface area (Å²) in [6.45, 7) is 1.70. The molecule has 0 saturated heterocycles. The fraction of sp³-hybridized carbons (Fsp3) is 0.154. The van der Waals surface area contributed by atoms with Crippen LogP contribution in [0.4, 0.5) is 5.82 Å². The number of amides is 1. The topological polar surface area (TPSA) is 94.9 Å². The Morgan fingerprint density at radius 2 is 2.05 bits per heavy atom. The molecule has 0 saturated carbocycles. The molecule has 0 atom stereocenters. The number of benzene rings is 1. The molecule has 1 aromatic heterocycles. The van der Waals surface area contributed by atoms with Crippen LogP contribution in [0.15, 0.2) is 33.6 Å². The van der Waals surface area contributed by atoms with Gasteiger partial charge in [-0.1, -0.05) is 12.1 Å². The number of carbonyl (C=O) groups excluding carboxylic acids is 1. The fourth-order valence-corrected chi connectivity index (χ4v) is 3.15. The maximum atomic E-state index is 11.2. The van der Waals surface area contributed by atoms with E-state index in [9.17, 15) is 4.79 Å². The molecule has 20 heavy (non-hydrogen) atoms. The maximum absolute atomic E-state index is 11.2. The van der Waals surface area contributed by atoms with Crippen LogP contribution in [-0.2, 0) is 5.75 Å². The third-order valence-electron chi connectivity index (χ3n) is 2.60. The molecular formula is C13H13BrN4OS. The van der Waals surface area contributed by atoms with E-state index in [4.69, 9.17) is 11.5 Å². The van der Waals surface area contributed by atoms with E-state index in [1.807, 2.05) is 24.3 Å². The monoisotopic (exact) mass is 352 g/mol. The fourth-order valence-electron chi connectivity index (χ4n) is 1.73. The zero-order valence-electron chi connectivity index (χ0n) is 10.8. The number of nitrogens with zero attached hydrogens (tertiary/aromatic N) is 2. The third kappa shape index (κ3) is 3.29. The molecule has 4 N–H and O–H groups in total. The van der Waals surface area contributed by atoms with E-state index in [1.165, 1.54) is 0 Å². The van der Waals surface area contributed by atoms with Gasteiger partial charge in [0.25, 0.3) is 5.91 Å². The Morgan fingerprint density at radius 3 is 2.65 bits per heavy atom. The Balaban J connectivity index is 2.19. The summed E-state index contributed by atoms with van der Waals surface area (Å²) in [7, 11) is 0. The van der Waals surface area contributed by atoms with Gasteiger partial charge in [0.05, 0.1) is 11.4 Å². The minimum atomic E-state index is -0.606. The zero-order chi connectivity index (χ0) is 14.7. The molecule has 0 bridgehead atoms. The van der Waals surface area contributed by atoms with Gasteiger partial charge in [0.1, 0.15) is 17.2 Å². The van der Waals surface area contributed by atoms with Gasteiger partial charge in [-0.15, -0.1) is 11.8 Å². The number of primary amides is 1. The van der Waals surface area contributed by atoms with Gasteiger partial charge < -0.3 is 11.5 Å². The molecule has 0 aliphatic heterocycles. The summed E-state index contributed by atoms with van der Waals surface area (Å²) in [4.78, 5) is 20.7. The number of carbonyl (C=O) groups is 1. The van der Waals surface area contributed by atoms with Crippen molar-refractivity contribution in [1.29, 1.82) is 0 Å². The molecule has 0 radical (unpaired) electrons. The Labute approximate surface area is 129 Å². The maximum Gasteiger partial charge on any atom is 0.254 e. The van der Waals surface area contributed by atoms with E-state index >= 15 is 0 Å². The van der Waals surface area contributed by atoms with Gasteiger partial charge in [0, 0.05) is 9.37 Å². The second-order valence-corrected chi connectivity index (χ2v) is 5.94. The van der Waals surface area contributed by atoms with Gasteiger partial charge in [-0.3, -0.25) is 4.79 Å². The Hall–Kier alpha value is -1.60. The van der Waals surface area contributed by atoms with E-state index in [2.05, 4.69) is 25.9 Å². The molecule has 1 amide bonds. The summed E-state index contributed by atoms with van der Waals surface area (Å²) in [5.41, 5.74) is 11.7. The van der Waals surface area contributed by atoms with Crippen molar-refractivity contribution in [3.63, 3.8) is 0 Å². The lowest BCUT2D eigenvalue weighted by molar-refractivity contribution is 0.1000. The van der Waals surface area contributed by atoms with Gasteiger partial charge in [-0.05, 0) is 35.0 Å². The SMILES string of the molecule is Cc1nc(CSc2ccccc2Br)nc(N)c1C(N)=O. The molecule has 0 unspecified atom stereocenters. The first-order valence-corrected chi connectivity index (χ1v) is 7.57. The van der Waals surface area contributed by atoms with Gasteiger partial charge in [0.2, 0.25) is 0 Å². The Kier molecular flexibility index (Phi) is 4.61. The Morgan fingerprint density at radius 1 is 1.35 bits per heavy atom. The quantitative estimate of drug-likeness (QED) is 0.824. The average Bonchev–Trinajstić information content (AvgIpc) is 2.36. The average molecular weight is 353 g/mol. The second-order valence-electron chi connectivity index (χ2n) is 4.07. The summed E-state index contributed by atoms with van der Waals surface area (Å²) >= 11 is 5.07. The molecule has 0 aliphatic carbocycles. The van der Waals surface area contributed by atoms with Crippen LogP contribution in [0.25, 0.3) is 0 Å². The number of anilines is 1. The van der Waals surface area contributed by atoms with Crippen LogP contribution in [0, 0.1) is 6.92 Å². The van der Waals surface area contributed by atoms with E-state index in [0.29, 0.717) is 17.3 Å². The molecule has 2 rings (SSSR count). The minimum Gasteiger partial charge on any atom is -0.383 e. The van der Waals surface area contributed by atoms with Gasteiger partial charge in [0.15, 0.2) is 0 Å². The van der Waals surface area contributed by atoms with Crippen LogP contribution in [-0.4, -0.2) is 15.9 Å². The minimum absolute atomic E-state index is 0.132.